The van der Waals surface area contributed by atoms with Crippen molar-refractivity contribution in [1.82, 2.24) is 9.97 Å². The quantitative estimate of drug-likeness (QED) is 0.772. The first-order valence-electron chi connectivity index (χ1n) is 6.81. The van der Waals surface area contributed by atoms with Crippen molar-refractivity contribution in [2.75, 3.05) is 36.5 Å². The molecule has 0 atom stereocenters. The van der Waals surface area contributed by atoms with Gasteiger partial charge in [0.25, 0.3) is 0 Å². The summed E-state index contributed by atoms with van der Waals surface area (Å²) in [5, 5.41) is 1.87. The predicted octanol–water partition coefficient (Wildman–Crippen LogP) is 1.19. The third-order valence-electron chi connectivity index (χ3n) is 3.49. The number of carbonyl (C=O) groups is 1. The molecule has 0 spiro atoms. The lowest BCUT2D eigenvalue weighted by Crippen LogP contribution is -2.37. The number of halogens is 3. The first-order valence-corrected chi connectivity index (χ1v) is 6.81. The zero-order valence-corrected chi connectivity index (χ0v) is 11.8. The fourth-order valence-corrected chi connectivity index (χ4v) is 2.43. The highest BCUT2D eigenvalue weighted by molar-refractivity contribution is 6.00. The van der Waals surface area contributed by atoms with Crippen molar-refractivity contribution >= 4 is 28.3 Å². The Bertz CT molecular complexity index is 790. The molecule has 2 heterocycles. The molecule has 1 aromatic carbocycles. The number of nitrogens with zero attached hydrogens (tertiary/aromatic N) is 1. The number of aromatic nitrogens is 2. The zero-order chi connectivity index (χ0) is 16.6. The van der Waals surface area contributed by atoms with Gasteiger partial charge in [-0.25, -0.2) is 4.79 Å². The molecule has 1 saturated heterocycles. The monoisotopic (exact) mass is 330 g/mol. The number of carbonyl (C=O) groups excluding carboxylic acids is 1. The Balaban J connectivity index is 2.04. The Morgan fingerprint density at radius 1 is 1.17 bits per heavy atom. The van der Waals surface area contributed by atoms with Gasteiger partial charge in [0.05, 0.1) is 35.6 Å². The molecule has 2 aromatic rings. The van der Waals surface area contributed by atoms with E-state index in [0.717, 1.165) is 0 Å². The standard InChI is InChI=1S/C13H13F3N4O3/c14-13(15,16)11(21)17-9-5-7-8(19-12(22)18-7)6-10(9)20-1-3-23-4-2-20/h5-6H,1-4H2,(H,17,21)(H2,18,19,22). The predicted molar refractivity (Wildman–Crippen MR) is 76.6 cm³/mol. The molecule has 3 rings (SSSR count). The van der Waals surface area contributed by atoms with Gasteiger partial charge in [-0.3, -0.25) is 4.79 Å². The minimum Gasteiger partial charge on any atom is -0.378 e. The summed E-state index contributed by atoms with van der Waals surface area (Å²) in [5.41, 5.74) is 0.656. The molecule has 23 heavy (non-hydrogen) atoms. The second kappa shape index (κ2) is 5.61. The van der Waals surface area contributed by atoms with Gasteiger partial charge in [0, 0.05) is 13.1 Å². The van der Waals surface area contributed by atoms with E-state index < -0.39 is 17.8 Å². The molecule has 10 heteroatoms. The van der Waals surface area contributed by atoms with Crippen molar-refractivity contribution in [3.8, 4) is 0 Å². The average Bonchev–Trinajstić information content (AvgIpc) is 2.85. The van der Waals surface area contributed by atoms with Crippen molar-refractivity contribution in [1.29, 1.82) is 0 Å². The number of rotatable bonds is 2. The highest BCUT2D eigenvalue weighted by atomic mass is 19.4. The van der Waals surface area contributed by atoms with Crippen LogP contribution in [0.1, 0.15) is 0 Å². The maximum atomic E-state index is 12.5. The van der Waals surface area contributed by atoms with Gasteiger partial charge in [-0.15, -0.1) is 0 Å². The van der Waals surface area contributed by atoms with E-state index in [-0.39, 0.29) is 5.69 Å². The van der Waals surface area contributed by atoms with Crippen LogP contribution in [0, 0.1) is 0 Å². The number of nitrogens with one attached hydrogen (secondary N) is 3. The van der Waals surface area contributed by atoms with Gasteiger partial charge in [-0.1, -0.05) is 0 Å². The Kier molecular flexibility index (Phi) is 3.76. The number of ether oxygens (including phenoxy) is 1. The van der Waals surface area contributed by atoms with Gasteiger partial charge < -0.3 is 24.9 Å². The second-order valence-electron chi connectivity index (χ2n) is 5.05. The fraction of sp³-hybridized carbons (Fsp3) is 0.385. The number of fused-ring (bicyclic) bond motifs is 1. The molecule has 0 bridgehead atoms. The summed E-state index contributed by atoms with van der Waals surface area (Å²) in [6.07, 6.45) is -5.00. The topological polar surface area (TPSA) is 90.2 Å². The van der Waals surface area contributed by atoms with Gasteiger partial charge in [0.1, 0.15) is 0 Å². The molecular formula is C13H13F3N4O3. The fourth-order valence-electron chi connectivity index (χ4n) is 2.43. The lowest BCUT2D eigenvalue weighted by atomic mass is 10.2. The van der Waals surface area contributed by atoms with Crippen LogP contribution in [0.25, 0.3) is 11.0 Å². The van der Waals surface area contributed by atoms with Crippen LogP contribution >= 0.6 is 0 Å². The van der Waals surface area contributed by atoms with E-state index in [9.17, 15) is 22.8 Å². The molecule has 3 N–H and O–H groups in total. The number of imidazole rings is 1. The number of hydrogen-bond donors (Lipinski definition) is 3. The molecule has 1 aliphatic heterocycles. The zero-order valence-electron chi connectivity index (χ0n) is 11.8. The minimum absolute atomic E-state index is 0.0167. The Labute approximate surface area is 127 Å². The van der Waals surface area contributed by atoms with Crippen molar-refractivity contribution < 1.29 is 22.7 Å². The summed E-state index contributed by atoms with van der Waals surface area (Å²) in [4.78, 5) is 29.4. The van der Waals surface area contributed by atoms with E-state index in [1.165, 1.54) is 12.1 Å². The van der Waals surface area contributed by atoms with Gasteiger partial charge in [0.2, 0.25) is 0 Å². The number of H-pyrrole nitrogens is 2. The Morgan fingerprint density at radius 3 is 2.39 bits per heavy atom. The largest absolute Gasteiger partial charge is 0.471 e. The molecule has 1 aromatic heterocycles. The molecule has 0 radical (unpaired) electrons. The van der Waals surface area contributed by atoms with Gasteiger partial charge in [-0.2, -0.15) is 13.2 Å². The summed E-state index contributed by atoms with van der Waals surface area (Å²) < 4.78 is 42.8. The van der Waals surface area contributed by atoms with Crippen LogP contribution in [0.3, 0.4) is 0 Å². The summed E-state index contributed by atoms with van der Waals surface area (Å²) in [7, 11) is 0. The molecule has 1 aliphatic rings. The first-order chi connectivity index (χ1) is 10.8. The lowest BCUT2D eigenvalue weighted by molar-refractivity contribution is -0.167. The van der Waals surface area contributed by atoms with Crippen molar-refractivity contribution in [2.24, 2.45) is 0 Å². The number of hydrogen-bond acceptors (Lipinski definition) is 4. The maximum Gasteiger partial charge on any atom is 0.471 e. The van der Waals surface area contributed by atoms with Crippen molar-refractivity contribution in [3.05, 3.63) is 22.6 Å². The van der Waals surface area contributed by atoms with Gasteiger partial charge in [0.15, 0.2) is 0 Å². The van der Waals surface area contributed by atoms with E-state index >= 15 is 0 Å². The molecule has 1 fully saturated rings. The van der Waals surface area contributed by atoms with Gasteiger partial charge >= 0.3 is 17.8 Å². The van der Waals surface area contributed by atoms with E-state index in [0.29, 0.717) is 43.0 Å². The van der Waals surface area contributed by atoms with E-state index in [4.69, 9.17) is 4.74 Å². The Hall–Kier alpha value is -2.49. The van der Waals surface area contributed by atoms with Crippen LogP contribution in [-0.2, 0) is 9.53 Å². The third kappa shape index (κ3) is 3.16. The van der Waals surface area contributed by atoms with Crippen LogP contribution in [0.4, 0.5) is 24.5 Å². The summed E-state index contributed by atoms with van der Waals surface area (Å²) in [6.45, 7) is 1.78. The number of morpholine rings is 1. The van der Waals surface area contributed by atoms with Crippen LogP contribution in [-0.4, -0.2) is 48.4 Å². The average molecular weight is 330 g/mol. The maximum absolute atomic E-state index is 12.5. The summed E-state index contributed by atoms with van der Waals surface area (Å²) >= 11 is 0. The van der Waals surface area contributed by atoms with Crippen LogP contribution < -0.4 is 15.9 Å². The molecule has 0 saturated carbocycles. The number of amides is 1. The highest BCUT2D eigenvalue weighted by Gasteiger charge is 2.39. The highest BCUT2D eigenvalue weighted by Crippen LogP contribution is 2.31. The molecule has 0 unspecified atom stereocenters. The van der Waals surface area contributed by atoms with Crippen molar-refractivity contribution in [3.63, 3.8) is 0 Å². The number of aromatic amines is 2. The van der Waals surface area contributed by atoms with Crippen LogP contribution in [0.15, 0.2) is 16.9 Å². The van der Waals surface area contributed by atoms with E-state index in [2.05, 4.69) is 9.97 Å². The molecule has 1 amide bonds. The summed E-state index contributed by atoms with van der Waals surface area (Å²) in [5.74, 6) is -2.07. The number of alkyl halides is 3. The normalized spacial score (nSPS) is 15.9. The second-order valence-corrected chi connectivity index (χ2v) is 5.05. The van der Waals surface area contributed by atoms with E-state index in [1.54, 1.807) is 4.90 Å². The minimum atomic E-state index is -5.00. The van der Waals surface area contributed by atoms with Gasteiger partial charge in [-0.05, 0) is 12.1 Å². The number of benzene rings is 1. The lowest BCUT2D eigenvalue weighted by Gasteiger charge is -2.30. The molecule has 7 nitrogen and oxygen atoms in total. The SMILES string of the molecule is O=C(Nc1cc2[nH]c(=O)[nH]c2cc1N1CCOCC1)C(F)(F)F. The van der Waals surface area contributed by atoms with Crippen molar-refractivity contribution in [2.45, 2.75) is 6.18 Å². The number of anilines is 2. The third-order valence-corrected chi connectivity index (χ3v) is 3.49. The Morgan fingerprint density at radius 2 is 1.78 bits per heavy atom. The van der Waals surface area contributed by atoms with Crippen LogP contribution in [0.2, 0.25) is 0 Å². The smallest absolute Gasteiger partial charge is 0.378 e. The summed E-state index contributed by atoms with van der Waals surface area (Å²) in [6, 6.07) is 2.84. The van der Waals surface area contributed by atoms with E-state index in [1.807, 2.05) is 5.32 Å². The van der Waals surface area contributed by atoms with Crippen LogP contribution in [0.5, 0.6) is 0 Å². The molecular weight excluding hydrogens is 317 g/mol. The molecule has 124 valence electrons. The first kappa shape index (κ1) is 15.4. The molecule has 0 aliphatic carbocycles.